The van der Waals surface area contributed by atoms with Crippen LogP contribution in [0.1, 0.15) is 23.2 Å². The maximum atomic E-state index is 12.8. The number of aromatic hydroxyl groups is 1. The second-order valence-electron chi connectivity index (χ2n) is 6.97. The largest absolute Gasteiger partial charge is 0.508 e. The molecule has 0 aliphatic carbocycles. The molecule has 1 aromatic carbocycles. The molecule has 1 amide bonds. The smallest absolute Gasteiger partial charge is 0.292 e. The van der Waals surface area contributed by atoms with E-state index in [9.17, 15) is 14.7 Å². The summed E-state index contributed by atoms with van der Waals surface area (Å²) >= 11 is 6.31. The molecule has 2 bridgehead atoms. The molecule has 0 saturated carbocycles. The van der Waals surface area contributed by atoms with Crippen molar-refractivity contribution in [3.05, 3.63) is 28.9 Å². The van der Waals surface area contributed by atoms with Gasteiger partial charge in [0, 0.05) is 30.5 Å². The van der Waals surface area contributed by atoms with E-state index < -0.39 is 11.7 Å². The Bertz CT molecular complexity index is 868. The molecule has 3 aliphatic heterocycles. The van der Waals surface area contributed by atoms with Crippen molar-refractivity contribution < 1.29 is 14.7 Å². The Morgan fingerprint density at radius 2 is 2.00 bits per heavy atom. The van der Waals surface area contributed by atoms with Crippen molar-refractivity contribution in [1.82, 2.24) is 14.8 Å². The molecule has 4 heterocycles. The standard InChI is InChI=1S/C18H20ClN3O3/c1-21-14-3-2-11(23)8-12(14)15(17(21)19)16(24)18(25)20-13-9-22-6-4-10(13)5-7-22/h2-3,8,10,13,23H,4-7,9H2,1H3,(H,20,25)/t13-/m1/s1. The molecule has 132 valence electrons. The van der Waals surface area contributed by atoms with Crippen molar-refractivity contribution in [2.75, 3.05) is 19.6 Å². The molecule has 3 saturated heterocycles. The highest BCUT2D eigenvalue weighted by Crippen LogP contribution is 2.32. The summed E-state index contributed by atoms with van der Waals surface area (Å²) in [6.45, 7) is 2.94. The quantitative estimate of drug-likeness (QED) is 0.647. The molecular formula is C18H20ClN3O3. The molecule has 1 aromatic heterocycles. The molecule has 5 rings (SSSR count). The van der Waals surface area contributed by atoms with Crippen LogP contribution in [0.15, 0.2) is 18.2 Å². The Hall–Kier alpha value is -2.05. The highest BCUT2D eigenvalue weighted by atomic mass is 35.5. The lowest BCUT2D eigenvalue weighted by atomic mass is 9.84. The predicted molar refractivity (Wildman–Crippen MR) is 95.0 cm³/mol. The van der Waals surface area contributed by atoms with E-state index in [1.165, 1.54) is 12.1 Å². The van der Waals surface area contributed by atoms with Crippen molar-refractivity contribution in [3.63, 3.8) is 0 Å². The number of fused-ring (bicyclic) bond motifs is 4. The Labute approximate surface area is 150 Å². The molecule has 2 aromatic rings. The lowest BCUT2D eigenvalue weighted by Gasteiger charge is -2.44. The minimum Gasteiger partial charge on any atom is -0.508 e. The topological polar surface area (TPSA) is 74.6 Å². The van der Waals surface area contributed by atoms with E-state index in [0.717, 1.165) is 32.5 Å². The number of amides is 1. The van der Waals surface area contributed by atoms with E-state index in [2.05, 4.69) is 10.2 Å². The molecule has 3 fully saturated rings. The summed E-state index contributed by atoms with van der Waals surface area (Å²) in [7, 11) is 1.73. The van der Waals surface area contributed by atoms with Crippen LogP contribution in [0.25, 0.3) is 10.9 Å². The average Bonchev–Trinajstić information content (AvgIpc) is 2.85. The van der Waals surface area contributed by atoms with Crippen LogP contribution in [-0.2, 0) is 11.8 Å². The maximum Gasteiger partial charge on any atom is 0.292 e. The summed E-state index contributed by atoms with van der Waals surface area (Å²) in [6, 6.07) is 4.69. The third kappa shape index (κ3) is 2.69. The first-order chi connectivity index (χ1) is 12.0. The summed E-state index contributed by atoms with van der Waals surface area (Å²) in [5.74, 6) is -0.815. The average molecular weight is 362 g/mol. The summed E-state index contributed by atoms with van der Waals surface area (Å²) < 4.78 is 1.64. The van der Waals surface area contributed by atoms with Gasteiger partial charge in [0.1, 0.15) is 10.9 Å². The van der Waals surface area contributed by atoms with E-state index in [-0.39, 0.29) is 22.5 Å². The van der Waals surface area contributed by atoms with Gasteiger partial charge in [-0.2, -0.15) is 0 Å². The number of phenols is 1. The summed E-state index contributed by atoms with van der Waals surface area (Å²) in [5, 5.41) is 13.3. The first kappa shape index (κ1) is 16.4. The Balaban J connectivity index is 1.62. The van der Waals surface area contributed by atoms with Crippen LogP contribution >= 0.6 is 11.6 Å². The molecule has 6 nitrogen and oxygen atoms in total. The van der Waals surface area contributed by atoms with Gasteiger partial charge in [-0.05, 0) is 50.0 Å². The fourth-order valence-electron chi connectivity index (χ4n) is 4.09. The zero-order valence-corrected chi connectivity index (χ0v) is 14.7. The minimum atomic E-state index is -0.655. The number of nitrogens with zero attached hydrogens (tertiary/aromatic N) is 2. The molecule has 3 aliphatic rings. The number of piperidine rings is 3. The van der Waals surface area contributed by atoms with Gasteiger partial charge in [0.15, 0.2) is 0 Å². The fourth-order valence-corrected chi connectivity index (χ4v) is 4.37. The van der Waals surface area contributed by atoms with E-state index in [1.54, 1.807) is 17.7 Å². The summed E-state index contributed by atoms with van der Waals surface area (Å²) in [4.78, 5) is 27.7. The summed E-state index contributed by atoms with van der Waals surface area (Å²) in [5.41, 5.74) is 0.843. The molecular weight excluding hydrogens is 342 g/mol. The number of aryl methyl sites for hydroxylation is 1. The molecule has 0 spiro atoms. The molecule has 0 unspecified atom stereocenters. The molecule has 7 heteroatoms. The number of carbonyl (C=O) groups excluding carboxylic acids is 2. The molecule has 1 atom stereocenters. The number of hydrogen-bond donors (Lipinski definition) is 2. The SMILES string of the molecule is Cn1c(Cl)c(C(=O)C(=O)N[C@@H]2CN3CCC2CC3)c2cc(O)ccc21. The normalized spacial score (nSPS) is 25.3. The van der Waals surface area contributed by atoms with Crippen LogP contribution in [0, 0.1) is 5.92 Å². The van der Waals surface area contributed by atoms with Crippen LogP contribution in [-0.4, -0.2) is 51.9 Å². The van der Waals surface area contributed by atoms with Gasteiger partial charge in [-0.15, -0.1) is 0 Å². The number of ketones is 1. The number of halogens is 1. The Morgan fingerprint density at radius 3 is 2.64 bits per heavy atom. The van der Waals surface area contributed by atoms with Gasteiger partial charge in [0.25, 0.3) is 11.7 Å². The number of hydrogen-bond acceptors (Lipinski definition) is 4. The highest BCUT2D eigenvalue weighted by Gasteiger charge is 2.36. The van der Waals surface area contributed by atoms with Gasteiger partial charge in [0.05, 0.1) is 5.56 Å². The Kier molecular flexibility index (Phi) is 3.96. The van der Waals surface area contributed by atoms with E-state index >= 15 is 0 Å². The number of phenolic OH excluding ortho intramolecular Hbond substituents is 1. The zero-order valence-electron chi connectivity index (χ0n) is 14.0. The predicted octanol–water partition coefficient (Wildman–Crippen LogP) is 1.93. The molecule has 2 N–H and O–H groups in total. The first-order valence-corrected chi connectivity index (χ1v) is 8.88. The van der Waals surface area contributed by atoms with Gasteiger partial charge in [0.2, 0.25) is 0 Å². The number of Topliss-reactive ketones (excluding diaryl/α,β-unsaturated/α-hetero) is 1. The third-order valence-corrected chi connectivity index (χ3v) is 5.96. The third-order valence-electron chi connectivity index (χ3n) is 5.52. The second-order valence-corrected chi connectivity index (χ2v) is 7.33. The number of benzene rings is 1. The van der Waals surface area contributed by atoms with Crippen LogP contribution in [0.2, 0.25) is 5.15 Å². The fraction of sp³-hybridized carbons (Fsp3) is 0.444. The van der Waals surface area contributed by atoms with E-state index in [0.29, 0.717) is 16.8 Å². The van der Waals surface area contributed by atoms with E-state index in [4.69, 9.17) is 11.6 Å². The Morgan fingerprint density at radius 1 is 1.28 bits per heavy atom. The lowest BCUT2D eigenvalue weighted by molar-refractivity contribution is -0.119. The van der Waals surface area contributed by atoms with Gasteiger partial charge >= 0.3 is 0 Å². The van der Waals surface area contributed by atoms with Crippen molar-refractivity contribution >= 4 is 34.2 Å². The number of aromatic nitrogens is 1. The zero-order chi connectivity index (χ0) is 17.7. The van der Waals surface area contributed by atoms with Gasteiger partial charge in [-0.25, -0.2) is 0 Å². The van der Waals surface area contributed by atoms with Gasteiger partial charge in [-0.3, -0.25) is 9.59 Å². The number of carbonyl (C=O) groups is 2. The minimum absolute atomic E-state index is 0.0149. The highest BCUT2D eigenvalue weighted by molar-refractivity contribution is 6.49. The van der Waals surface area contributed by atoms with E-state index in [1.807, 2.05) is 0 Å². The van der Waals surface area contributed by atoms with Crippen molar-refractivity contribution in [3.8, 4) is 5.75 Å². The van der Waals surface area contributed by atoms with Crippen LogP contribution < -0.4 is 5.32 Å². The van der Waals surface area contributed by atoms with Crippen molar-refractivity contribution in [2.24, 2.45) is 13.0 Å². The van der Waals surface area contributed by atoms with Crippen molar-refractivity contribution in [1.29, 1.82) is 0 Å². The first-order valence-electron chi connectivity index (χ1n) is 8.50. The molecule has 0 radical (unpaired) electrons. The van der Waals surface area contributed by atoms with Gasteiger partial charge in [-0.1, -0.05) is 11.6 Å². The monoisotopic (exact) mass is 361 g/mol. The molecule has 25 heavy (non-hydrogen) atoms. The van der Waals surface area contributed by atoms with Crippen LogP contribution in [0.4, 0.5) is 0 Å². The lowest BCUT2D eigenvalue weighted by Crippen LogP contribution is -2.58. The van der Waals surface area contributed by atoms with Crippen LogP contribution in [0.5, 0.6) is 5.75 Å². The van der Waals surface area contributed by atoms with Crippen molar-refractivity contribution in [2.45, 2.75) is 18.9 Å². The number of nitrogens with one attached hydrogen (secondary N) is 1. The maximum absolute atomic E-state index is 12.8. The van der Waals surface area contributed by atoms with Gasteiger partial charge < -0.3 is 19.9 Å². The summed E-state index contributed by atoms with van der Waals surface area (Å²) in [6.07, 6.45) is 2.12. The number of rotatable bonds is 3. The van der Waals surface area contributed by atoms with Crippen LogP contribution in [0.3, 0.4) is 0 Å². The second kappa shape index (κ2) is 6.04.